The van der Waals surface area contributed by atoms with Crippen molar-refractivity contribution in [3.05, 3.63) is 47.9 Å². The molecule has 0 radical (unpaired) electrons. The Morgan fingerprint density at radius 3 is 2.83 bits per heavy atom. The number of amides is 2. The second kappa shape index (κ2) is 8.71. The van der Waals surface area contributed by atoms with Crippen LogP contribution >= 0.6 is 0 Å². The van der Waals surface area contributed by atoms with Crippen LogP contribution in [-0.2, 0) is 0 Å². The van der Waals surface area contributed by atoms with E-state index in [9.17, 15) is 4.79 Å². The first-order chi connectivity index (χ1) is 11.6. The largest absolute Gasteiger partial charge is 0.496 e. The molecule has 0 saturated carbocycles. The van der Waals surface area contributed by atoms with Crippen LogP contribution in [0.5, 0.6) is 5.75 Å². The predicted octanol–water partition coefficient (Wildman–Crippen LogP) is 2.27. The Balaban J connectivity index is 1.78. The zero-order chi connectivity index (χ0) is 17.4. The Bertz CT molecular complexity index is 663. The number of methoxy groups -OCH3 is 1. The van der Waals surface area contributed by atoms with E-state index in [1.807, 2.05) is 32.0 Å². The maximum Gasteiger partial charge on any atom is 0.315 e. The van der Waals surface area contributed by atoms with Crippen LogP contribution in [0.1, 0.15) is 24.1 Å². The van der Waals surface area contributed by atoms with Crippen molar-refractivity contribution in [1.29, 1.82) is 0 Å². The van der Waals surface area contributed by atoms with Crippen LogP contribution in [-0.4, -0.2) is 36.2 Å². The molecule has 0 fully saturated rings. The fourth-order valence-corrected chi connectivity index (χ4v) is 2.27. The van der Waals surface area contributed by atoms with Gasteiger partial charge in [-0.2, -0.15) is 0 Å². The molecule has 2 rings (SSSR count). The molecular formula is C17H23N5O2. The summed E-state index contributed by atoms with van der Waals surface area (Å²) in [4.78, 5) is 20.1. The first-order valence-corrected chi connectivity index (χ1v) is 7.79. The summed E-state index contributed by atoms with van der Waals surface area (Å²) in [7, 11) is 1.62. The molecule has 3 N–H and O–H groups in total. The van der Waals surface area contributed by atoms with E-state index >= 15 is 0 Å². The van der Waals surface area contributed by atoms with Crippen LogP contribution in [0.15, 0.2) is 36.8 Å². The number of carbonyl (C=O) groups is 1. The zero-order valence-electron chi connectivity index (χ0n) is 14.2. The third kappa shape index (κ3) is 5.12. The fourth-order valence-electron chi connectivity index (χ4n) is 2.27. The topological polar surface area (TPSA) is 88.2 Å². The lowest BCUT2D eigenvalue weighted by Crippen LogP contribution is -2.39. The Morgan fingerprint density at radius 1 is 1.29 bits per heavy atom. The van der Waals surface area contributed by atoms with Gasteiger partial charge in [0.1, 0.15) is 11.6 Å². The highest BCUT2D eigenvalue weighted by Gasteiger charge is 2.13. The number of aromatic nitrogens is 2. The summed E-state index contributed by atoms with van der Waals surface area (Å²) < 4.78 is 5.36. The zero-order valence-corrected chi connectivity index (χ0v) is 14.2. The SMILES string of the molecule is COc1ccc(C)cc1C(C)NC(=O)NCCNc1cnccn1. The number of benzene rings is 1. The highest BCUT2D eigenvalue weighted by molar-refractivity contribution is 5.74. The Morgan fingerprint density at radius 2 is 2.12 bits per heavy atom. The van der Waals surface area contributed by atoms with Gasteiger partial charge in [0, 0.05) is 31.0 Å². The van der Waals surface area contributed by atoms with Crippen LogP contribution in [0.4, 0.5) is 10.6 Å². The molecule has 1 aromatic heterocycles. The van der Waals surface area contributed by atoms with Crippen LogP contribution in [0, 0.1) is 6.92 Å². The van der Waals surface area contributed by atoms with Crippen LogP contribution in [0.3, 0.4) is 0 Å². The van der Waals surface area contributed by atoms with Crippen molar-refractivity contribution in [1.82, 2.24) is 20.6 Å². The molecule has 1 atom stereocenters. The Labute approximate surface area is 141 Å². The van der Waals surface area contributed by atoms with E-state index in [0.717, 1.165) is 16.9 Å². The van der Waals surface area contributed by atoms with Gasteiger partial charge in [0.2, 0.25) is 0 Å². The molecule has 0 aliphatic rings. The first kappa shape index (κ1) is 17.5. The summed E-state index contributed by atoms with van der Waals surface area (Å²) >= 11 is 0. The lowest BCUT2D eigenvalue weighted by molar-refractivity contribution is 0.238. The lowest BCUT2D eigenvalue weighted by atomic mass is 10.0. The quantitative estimate of drug-likeness (QED) is 0.678. The number of carbonyl (C=O) groups excluding carboxylic acids is 1. The van der Waals surface area contributed by atoms with Gasteiger partial charge in [0.25, 0.3) is 0 Å². The summed E-state index contributed by atoms with van der Waals surface area (Å²) in [6.07, 6.45) is 4.85. The summed E-state index contributed by atoms with van der Waals surface area (Å²) in [6, 6.07) is 5.51. The molecule has 0 aliphatic heterocycles. The number of hydrogen-bond acceptors (Lipinski definition) is 5. The molecule has 0 spiro atoms. The summed E-state index contributed by atoms with van der Waals surface area (Å²) in [6.45, 7) is 4.97. The fraction of sp³-hybridized carbons (Fsp3) is 0.353. The molecule has 1 unspecified atom stereocenters. The van der Waals surface area contributed by atoms with Gasteiger partial charge >= 0.3 is 6.03 Å². The standard InChI is InChI=1S/C17H23N5O2/c1-12-4-5-15(24-3)14(10-12)13(2)22-17(23)21-9-8-20-16-11-18-6-7-19-16/h4-7,10-11,13H,8-9H2,1-3H3,(H,19,20)(H2,21,22,23). The van der Waals surface area contributed by atoms with Crippen molar-refractivity contribution < 1.29 is 9.53 Å². The molecule has 24 heavy (non-hydrogen) atoms. The van der Waals surface area contributed by atoms with Gasteiger partial charge in [-0.15, -0.1) is 0 Å². The van der Waals surface area contributed by atoms with E-state index < -0.39 is 0 Å². The van der Waals surface area contributed by atoms with Gasteiger partial charge in [-0.3, -0.25) is 4.98 Å². The van der Waals surface area contributed by atoms with Gasteiger partial charge in [-0.25, -0.2) is 9.78 Å². The molecule has 0 bridgehead atoms. The number of hydrogen-bond donors (Lipinski definition) is 3. The van der Waals surface area contributed by atoms with Crippen molar-refractivity contribution in [2.75, 3.05) is 25.5 Å². The van der Waals surface area contributed by atoms with Gasteiger partial charge < -0.3 is 20.7 Å². The van der Waals surface area contributed by atoms with E-state index in [1.165, 1.54) is 0 Å². The number of anilines is 1. The minimum atomic E-state index is -0.230. The van der Waals surface area contributed by atoms with Crippen molar-refractivity contribution in [2.24, 2.45) is 0 Å². The van der Waals surface area contributed by atoms with E-state index in [1.54, 1.807) is 25.7 Å². The molecule has 2 aromatic rings. The minimum Gasteiger partial charge on any atom is -0.496 e. The van der Waals surface area contributed by atoms with E-state index in [2.05, 4.69) is 25.9 Å². The molecule has 7 heteroatoms. The smallest absolute Gasteiger partial charge is 0.315 e. The van der Waals surface area contributed by atoms with Crippen LogP contribution < -0.4 is 20.7 Å². The van der Waals surface area contributed by atoms with Gasteiger partial charge in [0.05, 0.1) is 19.3 Å². The molecule has 128 valence electrons. The third-order valence-electron chi connectivity index (χ3n) is 3.48. The van der Waals surface area contributed by atoms with Gasteiger partial charge in [-0.1, -0.05) is 17.7 Å². The third-order valence-corrected chi connectivity index (χ3v) is 3.48. The average molecular weight is 329 g/mol. The molecule has 2 amide bonds. The number of rotatable bonds is 7. The van der Waals surface area contributed by atoms with Crippen LogP contribution in [0.25, 0.3) is 0 Å². The number of urea groups is 1. The summed E-state index contributed by atoms with van der Waals surface area (Å²) in [5.41, 5.74) is 2.07. The van der Waals surface area contributed by atoms with Crippen LogP contribution in [0.2, 0.25) is 0 Å². The Kier molecular flexibility index (Phi) is 6.36. The maximum atomic E-state index is 12.0. The number of nitrogens with zero attached hydrogens (tertiary/aromatic N) is 2. The van der Waals surface area contributed by atoms with E-state index in [0.29, 0.717) is 18.9 Å². The molecule has 1 aromatic carbocycles. The number of ether oxygens (including phenoxy) is 1. The number of aryl methyl sites for hydroxylation is 1. The van der Waals surface area contributed by atoms with E-state index in [4.69, 9.17) is 4.74 Å². The van der Waals surface area contributed by atoms with Crippen molar-refractivity contribution in [2.45, 2.75) is 19.9 Å². The highest BCUT2D eigenvalue weighted by atomic mass is 16.5. The predicted molar refractivity (Wildman–Crippen MR) is 93.2 cm³/mol. The first-order valence-electron chi connectivity index (χ1n) is 7.79. The molecule has 0 aliphatic carbocycles. The van der Waals surface area contributed by atoms with Crippen molar-refractivity contribution in [3.8, 4) is 5.75 Å². The molecule has 7 nitrogen and oxygen atoms in total. The van der Waals surface area contributed by atoms with Crippen molar-refractivity contribution >= 4 is 11.8 Å². The summed E-state index contributed by atoms with van der Waals surface area (Å²) in [5.74, 6) is 1.44. The highest BCUT2D eigenvalue weighted by Crippen LogP contribution is 2.25. The van der Waals surface area contributed by atoms with E-state index in [-0.39, 0.29) is 12.1 Å². The lowest BCUT2D eigenvalue weighted by Gasteiger charge is -2.18. The maximum absolute atomic E-state index is 12.0. The second-order valence-corrected chi connectivity index (χ2v) is 5.38. The summed E-state index contributed by atoms with van der Waals surface area (Å²) in [5, 5.41) is 8.79. The minimum absolute atomic E-state index is 0.159. The Hall–Kier alpha value is -2.83. The normalized spacial score (nSPS) is 11.5. The van der Waals surface area contributed by atoms with Gasteiger partial charge in [-0.05, 0) is 19.9 Å². The number of nitrogens with one attached hydrogen (secondary N) is 3. The molecule has 0 saturated heterocycles. The molecular weight excluding hydrogens is 306 g/mol. The average Bonchev–Trinajstić information content (AvgIpc) is 2.59. The second-order valence-electron chi connectivity index (χ2n) is 5.38. The molecule has 1 heterocycles. The van der Waals surface area contributed by atoms with Gasteiger partial charge in [0.15, 0.2) is 0 Å². The monoisotopic (exact) mass is 329 g/mol. The van der Waals surface area contributed by atoms with Crippen molar-refractivity contribution in [3.63, 3.8) is 0 Å².